The number of primary amides is 1. The summed E-state index contributed by atoms with van der Waals surface area (Å²) in [6.45, 7) is 0. The van der Waals surface area contributed by atoms with Gasteiger partial charge in [0.1, 0.15) is 0 Å². The lowest BCUT2D eigenvalue weighted by molar-refractivity contribution is 0.248. The molecule has 0 fully saturated rings. The second-order valence-corrected chi connectivity index (χ2v) is 4.73. The highest BCUT2D eigenvalue weighted by Gasteiger charge is 2.12. The lowest BCUT2D eigenvalue weighted by Crippen LogP contribution is -2.18. The summed E-state index contributed by atoms with van der Waals surface area (Å²) in [6, 6.07) is 16.7. The normalized spacial score (nSPS) is 10.8. The van der Waals surface area contributed by atoms with Gasteiger partial charge >= 0.3 is 6.03 Å². The number of carbonyl (C=O) groups is 1. The highest BCUT2D eigenvalue weighted by Crippen LogP contribution is 2.25. The Balaban J connectivity index is 2.02. The average Bonchev–Trinajstić information content (AvgIpc) is 2.75. The molecule has 0 atom stereocenters. The third kappa shape index (κ3) is 2.12. The topological polar surface area (TPSA) is 68.2 Å². The van der Waals surface area contributed by atoms with Crippen LogP contribution in [0.4, 0.5) is 4.79 Å². The van der Waals surface area contributed by atoms with E-state index in [1.165, 1.54) is 5.56 Å². The van der Waals surface area contributed by atoms with Crippen LogP contribution in [0.1, 0.15) is 11.1 Å². The number of rotatable bonds is 2. The number of nitrogens with two attached hydrogens (primary N) is 1. The summed E-state index contributed by atoms with van der Waals surface area (Å²) >= 11 is 0. The van der Waals surface area contributed by atoms with Gasteiger partial charge in [-0.15, -0.1) is 0 Å². The summed E-state index contributed by atoms with van der Waals surface area (Å²) in [5.41, 5.74) is 8.20. The Kier molecular flexibility index (Phi) is 2.91. The molecule has 4 nitrogen and oxygen atoms in total. The molecule has 0 bridgehead atoms. The standard InChI is InChI=1S/C16H14N2O2/c17-16(20)18-14-7-6-12(9-13(14)10-15(18)19)8-11-4-2-1-3-5-11/h1-7,9-10,19H,8H2,(H2,17,20). The number of amides is 1. The van der Waals surface area contributed by atoms with Gasteiger partial charge in [0, 0.05) is 11.5 Å². The Bertz CT molecular complexity index is 776. The first kappa shape index (κ1) is 12.3. The third-order valence-electron chi connectivity index (χ3n) is 3.32. The molecule has 0 saturated heterocycles. The molecular formula is C16H14N2O2. The Morgan fingerprint density at radius 3 is 2.50 bits per heavy atom. The fraction of sp³-hybridized carbons (Fsp3) is 0.0625. The first-order chi connectivity index (χ1) is 9.65. The van der Waals surface area contributed by atoms with Crippen molar-refractivity contribution in [3.05, 3.63) is 65.7 Å². The van der Waals surface area contributed by atoms with Crippen molar-refractivity contribution >= 4 is 16.9 Å². The van der Waals surface area contributed by atoms with Crippen molar-refractivity contribution in [2.24, 2.45) is 5.73 Å². The van der Waals surface area contributed by atoms with Crippen molar-refractivity contribution in [2.45, 2.75) is 6.42 Å². The molecule has 3 N–H and O–H groups in total. The van der Waals surface area contributed by atoms with Crippen LogP contribution in [0.15, 0.2) is 54.6 Å². The zero-order valence-corrected chi connectivity index (χ0v) is 10.8. The van der Waals surface area contributed by atoms with E-state index in [-0.39, 0.29) is 5.88 Å². The summed E-state index contributed by atoms with van der Waals surface area (Å²) < 4.78 is 1.10. The molecule has 100 valence electrons. The molecule has 0 spiro atoms. The molecule has 1 amide bonds. The van der Waals surface area contributed by atoms with E-state index >= 15 is 0 Å². The van der Waals surface area contributed by atoms with E-state index in [0.29, 0.717) is 5.52 Å². The van der Waals surface area contributed by atoms with E-state index < -0.39 is 6.03 Å². The van der Waals surface area contributed by atoms with Crippen molar-refractivity contribution in [1.29, 1.82) is 0 Å². The quantitative estimate of drug-likeness (QED) is 0.748. The minimum atomic E-state index is -0.687. The predicted molar refractivity (Wildman–Crippen MR) is 77.8 cm³/mol. The lowest BCUT2D eigenvalue weighted by Gasteiger charge is -2.04. The Morgan fingerprint density at radius 2 is 1.80 bits per heavy atom. The maximum Gasteiger partial charge on any atom is 0.326 e. The third-order valence-corrected chi connectivity index (χ3v) is 3.32. The fourth-order valence-corrected chi connectivity index (χ4v) is 2.42. The maximum absolute atomic E-state index is 11.3. The Morgan fingerprint density at radius 1 is 1.05 bits per heavy atom. The molecule has 1 aromatic heterocycles. The largest absolute Gasteiger partial charge is 0.494 e. The molecular weight excluding hydrogens is 252 g/mol. The minimum absolute atomic E-state index is 0.135. The van der Waals surface area contributed by atoms with Gasteiger partial charge in [0.25, 0.3) is 0 Å². The van der Waals surface area contributed by atoms with E-state index in [1.807, 2.05) is 30.3 Å². The molecule has 20 heavy (non-hydrogen) atoms. The number of hydrogen-bond acceptors (Lipinski definition) is 2. The monoisotopic (exact) mass is 266 g/mol. The van der Waals surface area contributed by atoms with Crippen LogP contribution in [0, 0.1) is 0 Å². The summed E-state index contributed by atoms with van der Waals surface area (Å²) in [5, 5.41) is 10.5. The molecule has 0 saturated carbocycles. The van der Waals surface area contributed by atoms with Crippen LogP contribution in [0.25, 0.3) is 10.9 Å². The Hall–Kier alpha value is -2.75. The van der Waals surface area contributed by atoms with Crippen molar-refractivity contribution in [1.82, 2.24) is 4.57 Å². The summed E-state index contributed by atoms with van der Waals surface area (Å²) in [6.07, 6.45) is 0.805. The van der Waals surface area contributed by atoms with Crippen molar-refractivity contribution in [3.63, 3.8) is 0 Å². The van der Waals surface area contributed by atoms with Crippen LogP contribution < -0.4 is 5.73 Å². The van der Waals surface area contributed by atoms with Crippen LogP contribution in [-0.2, 0) is 6.42 Å². The van der Waals surface area contributed by atoms with E-state index in [9.17, 15) is 9.90 Å². The van der Waals surface area contributed by atoms with Crippen molar-refractivity contribution in [3.8, 4) is 5.88 Å². The highest BCUT2D eigenvalue weighted by atomic mass is 16.3. The van der Waals surface area contributed by atoms with Crippen LogP contribution >= 0.6 is 0 Å². The summed E-state index contributed by atoms with van der Waals surface area (Å²) in [5.74, 6) is -0.135. The fourth-order valence-electron chi connectivity index (χ4n) is 2.42. The zero-order chi connectivity index (χ0) is 14.1. The van der Waals surface area contributed by atoms with Crippen LogP contribution in [0.3, 0.4) is 0 Å². The molecule has 1 heterocycles. The van der Waals surface area contributed by atoms with Crippen LogP contribution in [0.2, 0.25) is 0 Å². The summed E-state index contributed by atoms with van der Waals surface area (Å²) in [4.78, 5) is 11.3. The lowest BCUT2D eigenvalue weighted by atomic mass is 10.0. The van der Waals surface area contributed by atoms with Crippen LogP contribution in [0.5, 0.6) is 5.88 Å². The SMILES string of the molecule is NC(=O)n1c(O)cc2cc(Cc3ccccc3)ccc21. The minimum Gasteiger partial charge on any atom is -0.494 e. The second kappa shape index (κ2) is 4.74. The van der Waals surface area contributed by atoms with Gasteiger partial charge < -0.3 is 10.8 Å². The highest BCUT2D eigenvalue weighted by molar-refractivity contribution is 5.93. The zero-order valence-electron chi connectivity index (χ0n) is 10.8. The Labute approximate surface area is 116 Å². The first-order valence-corrected chi connectivity index (χ1v) is 6.32. The summed E-state index contributed by atoms with van der Waals surface area (Å²) in [7, 11) is 0. The molecule has 0 aliphatic heterocycles. The molecule has 0 aliphatic carbocycles. The van der Waals surface area contributed by atoms with Crippen LogP contribution in [-0.4, -0.2) is 15.7 Å². The van der Waals surface area contributed by atoms with Gasteiger partial charge in [0.15, 0.2) is 5.88 Å². The average molecular weight is 266 g/mol. The van der Waals surface area contributed by atoms with Gasteiger partial charge in [0.05, 0.1) is 5.52 Å². The number of carbonyl (C=O) groups excluding carboxylic acids is 1. The number of benzene rings is 2. The van der Waals surface area contributed by atoms with E-state index in [4.69, 9.17) is 5.73 Å². The molecule has 0 unspecified atom stereocenters. The smallest absolute Gasteiger partial charge is 0.326 e. The number of hydrogen-bond donors (Lipinski definition) is 2. The van der Waals surface area contributed by atoms with Crippen molar-refractivity contribution in [2.75, 3.05) is 0 Å². The number of fused-ring (bicyclic) bond motifs is 1. The van der Waals surface area contributed by atoms with E-state index in [0.717, 1.165) is 21.9 Å². The van der Waals surface area contributed by atoms with Crippen molar-refractivity contribution < 1.29 is 9.90 Å². The molecule has 3 rings (SSSR count). The van der Waals surface area contributed by atoms with Gasteiger partial charge in [-0.2, -0.15) is 0 Å². The van der Waals surface area contributed by atoms with Gasteiger partial charge in [-0.05, 0) is 29.7 Å². The van der Waals surface area contributed by atoms with E-state index in [2.05, 4.69) is 12.1 Å². The van der Waals surface area contributed by atoms with Gasteiger partial charge in [-0.3, -0.25) is 0 Å². The first-order valence-electron chi connectivity index (χ1n) is 6.32. The molecule has 2 aromatic carbocycles. The molecule has 0 aliphatic rings. The second-order valence-electron chi connectivity index (χ2n) is 4.73. The number of aromatic nitrogens is 1. The number of aromatic hydroxyl groups is 1. The van der Waals surface area contributed by atoms with Gasteiger partial charge in [-0.1, -0.05) is 36.4 Å². The number of nitrogens with zero attached hydrogens (tertiary/aromatic N) is 1. The van der Waals surface area contributed by atoms with E-state index in [1.54, 1.807) is 12.1 Å². The predicted octanol–water partition coefficient (Wildman–Crippen LogP) is 2.86. The van der Waals surface area contributed by atoms with Gasteiger partial charge in [0.2, 0.25) is 0 Å². The molecule has 4 heteroatoms. The molecule has 3 aromatic rings. The van der Waals surface area contributed by atoms with Gasteiger partial charge in [-0.25, -0.2) is 9.36 Å². The molecule has 0 radical (unpaired) electrons. The maximum atomic E-state index is 11.3.